The quantitative estimate of drug-likeness (QED) is 0.286. The zero-order valence-electron chi connectivity index (χ0n) is 19.8. The third kappa shape index (κ3) is 5.76. The summed E-state index contributed by atoms with van der Waals surface area (Å²) in [6.45, 7) is 2.82. The van der Waals surface area contributed by atoms with Crippen LogP contribution in [0.4, 0.5) is 0 Å². The summed E-state index contributed by atoms with van der Waals surface area (Å²) in [7, 11) is 3.18. The summed E-state index contributed by atoms with van der Waals surface area (Å²) in [5.74, 6) is 2.67. The van der Waals surface area contributed by atoms with Gasteiger partial charge in [0, 0.05) is 15.5 Å². The molecule has 4 rings (SSSR count). The zero-order valence-corrected chi connectivity index (χ0v) is 23.0. The number of carbonyl (C=O) groups excluding carboxylic acids is 1. The van der Waals surface area contributed by atoms with Crippen molar-refractivity contribution in [3.63, 3.8) is 0 Å². The first kappa shape index (κ1) is 25.4. The van der Waals surface area contributed by atoms with Gasteiger partial charge in [-0.25, -0.2) is 0 Å². The molecule has 0 saturated carbocycles. The van der Waals surface area contributed by atoms with Crippen LogP contribution in [0.1, 0.15) is 29.7 Å². The summed E-state index contributed by atoms with van der Waals surface area (Å²) >= 11 is 7.23. The molecule has 1 aliphatic rings. The van der Waals surface area contributed by atoms with Crippen LogP contribution in [0.25, 0.3) is 0 Å². The second-order valence-electron chi connectivity index (χ2n) is 8.20. The molecule has 0 N–H and O–H groups in total. The number of nitrogens with zero attached hydrogens (tertiary/aromatic N) is 1. The minimum absolute atomic E-state index is 0.0196. The lowest BCUT2D eigenvalue weighted by Crippen LogP contribution is -2.36. The number of fused-ring (bicyclic) bond motifs is 1. The Hall–Kier alpha value is -2.71. The van der Waals surface area contributed by atoms with Gasteiger partial charge in [-0.15, -0.1) is 0 Å². The maximum absolute atomic E-state index is 13.7. The molecular weight excluding hydrogens is 578 g/mol. The lowest BCUT2D eigenvalue weighted by atomic mass is 10.0. The van der Waals surface area contributed by atoms with Crippen LogP contribution < -0.4 is 18.9 Å². The smallest absolute Gasteiger partial charge is 0.231 e. The summed E-state index contributed by atoms with van der Waals surface area (Å²) in [4.78, 5) is 15.6. The molecule has 8 heteroatoms. The molecule has 0 unspecified atom stereocenters. The number of rotatable bonds is 9. The Morgan fingerprint density at radius 1 is 0.943 bits per heavy atom. The van der Waals surface area contributed by atoms with E-state index < -0.39 is 0 Å². The van der Waals surface area contributed by atoms with Crippen molar-refractivity contribution < 1.29 is 23.7 Å². The van der Waals surface area contributed by atoms with E-state index in [1.54, 1.807) is 14.2 Å². The van der Waals surface area contributed by atoms with Crippen LogP contribution in [0, 0.1) is 0 Å². The lowest BCUT2D eigenvalue weighted by Gasteiger charge is -2.30. The molecule has 35 heavy (non-hydrogen) atoms. The summed E-state index contributed by atoms with van der Waals surface area (Å²) in [5.41, 5.74) is 2.97. The van der Waals surface area contributed by atoms with Gasteiger partial charge in [0.2, 0.25) is 12.7 Å². The van der Waals surface area contributed by atoms with E-state index in [1.807, 2.05) is 59.5 Å². The number of carbonyl (C=O) groups is 1. The van der Waals surface area contributed by atoms with Gasteiger partial charge in [0.05, 0.1) is 26.7 Å². The topological polar surface area (TPSA) is 57.2 Å². The van der Waals surface area contributed by atoms with E-state index in [0.717, 1.165) is 37.1 Å². The molecule has 6 nitrogen and oxygen atoms in total. The molecule has 0 spiro atoms. The Kier molecular flexibility index (Phi) is 8.23. The molecule has 1 amide bonds. The fourth-order valence-electron chi connectivity index (χ4n) is 4.13. The van der Waals surface area contributed by atoms with Crippen molar-refractivity contribution in [3.8, 4) is 23.0 Å². The highest BCUT2D eigenvalue weighted by Gasteiger charge is 2.24. The summed E-state index contributed by atoms with van der Waals surface area (Å²) in [5, 5.41) is 0. The van der Waals surface area contributed by atoms with Crippen LogP contribution in [0.2, 0.25) is 0 Å². The molecule has 0 aromatic heterocycles. The Bertz CT molecular complexity index is 1200. The largest absolute Gasteiger partial charge is 0.493 e. The van der Waals surface area contributed by atoms with E-state index in [4.69, 9.17) is 18.9 Å². The molecule has 3 aromatic carbocycles. The maximum Gasteiger partial charge on any atom is 0.231 e. The third-order valence-electron chi connectivity index (χ3n) is 6.13. The second-order valence-corrected chi connectivity index (χ2v) is 9.90. The van der Waals surface area contributed by atoms with Crippen molar-refractivity contribution in [1.82, 2.24) is 4.90 Å². The van der Waals surface area contributed by atoms with Crippen molar-refractivity contribution >= 4 is 37.8 Å². The number of halogens is 2. The van der Waals surface area contributed by atoms with E-state index in [9.17, 15) is 4.79 Å². The Labute approximate surface area is 222 Å². The van der Waals surface area contributed by atoms with E-state index >= 15 is 0 Å². The SMILES string of the molecule is COc1cc(Br)c(CC(=O)N(CCc2cc3c(cc2Br)OCO3)[C@@H](C)c2ccccc2)cc1OC. The Morgan fingerprint density at radius 3 is 2.26 bits per heavy atom. The summed E-state index contributed by atoms with van der Waals surface area (Å²) in [6.07, 6.45) is 0.883. The fraction of sp³-hybridized carbons (Fsp3) is 0.296. The molecule has 0 fully saturated rings. The molecule has 0 bridgehead atoms. The first-order chi connectivity index (χ1) is 16.9. The maximum atomic E-state index is 13.7. The summed E-state index contributed by atoms with van der Waals surface area (Å²) < 4.78 is 23.6. The van der Waals surface area contributed by atoms with Crippen LogP contribution in [0.5, 0.6) is 23.0 Å². The number of benzene rings is 3. The van der Waals surface area contributed by atoms with Crippen LogP contribution in [-0.4, -0.2) is 38.4 Å². The number of methoxy groups -OCH3 is 2. The number of hydrogen-bond acceptors (Lipinski definition) is 5. The van der Waals surface area contributed by atoms with E-state index in [-0.39, 0.29) is 25.2 Å². The minimum Gasteiger partial charge on any atom is -0.493 e. The third-order valence-corrected chi connectivity index (χ3v) is 7.60. The van der Waals surface area contributed by atoms with Crippen LogP contribution in [-0.2, 0) is 17.6 Å². The first-order valence-corrected chi connectivity index (χ1v) is 12.8. The van der Waals surface area contributed by atoms with Crippen LogP contribution in [0.3, 0.4) is 0 Å². The predicted molar refractivity (Wildman–Crippen MR) is 141 cm³/mol. The second kappa shape index (κ2) is 11.4. The van der Waals surface area contributed by atoms with Crippen molar-refractivity contribution in [3.05, 3.63) is 80.2 Å². The van der Waals surface area contributed by atoms with Crippen LogP contribution >= 0.6 is 31.9 Å². The Balaban J connectivity index is 1.59. The van der Waals surface area contributed by atoms with E-state index in [0.29, 0.717) is 24.5 Å². The van der Waals surface area contributed by atoms with Crippen LogP contribution in [0.15, 0.2) is 63.5 Å². The van der Waals surface area contributed by atoms with Gasteiger partial charge in [0.1, 0.15) is 0 Å². The van der Waals surface area contributed by atoms with Gasteiger partial charge in [0.25, 0.3) is 0 Å². The van der Waals surface area contributed by atoms with Gasteiger partial charge in [-0.05, 0) is 54.3 Å². The molecule has 1 heterocycles. The van der Waals surface area contributed by atoms with Gasteiger partial charge < -0.3 is 23.8 Å². The zero-order chi connectivity index (χ0) is 24.9. The normalized spacial score (nSPS) is 12.8. The van der Waals surface area contributed by atoms with Crippen molar-refractivity contribution in [2.24, 2.45) is 0 Å². The van der Waals surface area contributed by atoms with Crippen molar-refractivity contribution in [2.45, 2.75) is 25.8 Å². The fourth-order valence-corrected chi connectivity index (χ4v) is 5.12. The lowest BCUT2D eigenvalue weighted by molar-refractivity contribution is -0.132. The first-order valence-electron chi connectivity index (χ1n) is 11.2. The average Bonchev–Trinajstić information content (AvgIpc) is 3.32. The van der Waals surface area contributed by atoms with E-state index in [2.05, 4.69) is 38.8 Å². The van der Waals surface area contributed by atoms with E-state index in [1.165, 1.54) is 0 Å². The van der Waals surface area contributed by atoms with Crippen molar-refractivity contribution in [1.29, 1.82) is 0 Å². The molecule has 1 aliphatic heterocycles. The average molecular weight is 605 g/mol. The molecule has 0 aliphatic carbocycles. The summed E-state index contributed by atoms with van der Waals surface area (Å²) in [6, 6.07) is 17.5. The standard InChI is InChI=1S/C27H27Br2NO5/c1-17(18-7-5-4-6-8-18)30(10-9-19-11-25-26(15-21(19)28)35-16-34-25)27(31)13-20-12-23(32-2)24(33-3)14-22(20)29/h4-8,11-12,14-15,17H,9-10,13,16H2,1-3H3/t17-/m0/s1. The van der Waals surface area contributed by atoms with Gasteiger partial charge in [-0.2, -0.15) is 0 Å². The van der Waals surface area contributed by atoms with Gasteiger partial charge in [-0.1, -0.05) is 62.2 Å². The minimum atomic E-state index is -0.101. The monoisotopic (exact) mass is 603 g/mol. The highest BCUT2D eigenvalue weighted by Crippen LogP contribution is 2.38. The Morgan fingerprint density at radius 2 is 1.57 bits per heavy atom. The number of hydrogen-bond donors (Lipinski definition) is 0. The molecule has 3 aromatic rings. The molecule has 184 valence electrons. The molecule has 0 radical (unpaired) electrons. The highest BCUT2D eigenvalue weighted by molar-refractivity contribution is 9.10. The van der Waals surface area contributed by atoms with Crippen molar-refractivity contribution in [2.75, 3.05) is 27.6 Å². The molecule has 1 atom stereocenters. The van der Waals surface area contributed by atoms with Gasteiger partial charge >= 0.3 is 0 Å². The van der Waals surface area contributed by atoms with Gasteiger partial charge in [-0.3, -0.25) is 4.79 Å². The number of amides is 1. The molecule has 0 saturated heterocycles. The highest BCUT2D eigenvalue weighted by atomic mass is 79.9. The molecular formula is C27H27Br2NO5. The number of ether oxygens (including phenoxy) is 4. The van der Waals surface area contributed by atoms with Gasteiger partial charge in [0.15, 0.2) is 23.0 Å². The predicted octanol–water partition coefficient (Wildman–Crippen LogP) is 6.33.